The van der Waals surface area contributed by atoms with Crippen molar-refractivity contribution in [2.75, 3.05) is 19.6 Å². The third-order valence-corrected chi connectivity index (χ3v) is 4.26. The van der Waals surface area contributed by atoms with Crippen LogP contribution < -0.4 is 10.6 Å². The monoisotopic (exact) mass is 288 g/mol. The van der Waals surface area contributed by atoms with Gasteiger partial charge in [0.15, 0.2) is 0 Å². The predicted octanol–water partition coefficient (Wildman–Crippen LogP) is 2.82. The molecule has 0 saturated carbocycles. The van der Waals surface area contributed by atoms with Crippen molar-refractivity contribution < 1.29 is 4.79 Å². The fraction of sp³-hybridized carbons (Fsp3) is 0.611. The van der Waals surface area contributed by atoms with Crippen molar-refractivity contribution in [3.63, 3.8) is 0 Å². The summed E-state index contributed by atoms with van der Waals surface area (Å²) in [4.78, 5) is 11.8. The fourth-order valence-corrected chi connectivity index (χ4v) is 2.88. The molecule has 0 aliphatic carbocycles. The molecule has 1 aromatic rings. The summed E-state index contributed by atoms with van der Waals surface area (Å²) in [5.74, 6) is 0.942. The fourth-order valence-electron chi connectivity index (χ4n) is 2.88. The highest BCUT2D eigenvalue weighted by Crippen LogP contribution is 2.13. The molecule has 1 heterocycles. The molecule has 1 aromatic carbocycles. The Balaban J connectivity index is 1.54. The maximum Gasteiger partial charge on any atom is 0.220 e. The van der Waals surface area contributed by atoms with Crippen LogP contribution in [0.2, 0.25) is 0 Å². The highest BCUT2D eigenvalue weighted by atomic mass is 16.1. The van der Waals surface area contributed by atoms with Gasteiger partial charge in [0, 0.05) is 13.0 Å². The first-order valence-corrected chi connectivity index (χ1v) is 8.27. The third-order valence-electron chi connectivity index (χ3n) is 4.26. The average molecular weight is 288 g/mol. The smallest absolute Gasteiger partial charge is 0.220 e. The van der Waals surface area contributed by atoms with Crippen molar-refractivity contribution in [2.24, 2.45) is 5.92 Å². The minimum absolute atomic E-state index is 0.200. The molecule has 0 aromatic heterocycles. The van der Waals surface area contributed by atoms with Gasteiger partial charge >= 0.3 is 0 Å². The summed E-state index contributed by atoms with van der Waals surface area (Å²) in [5, 5.41) is 6.48. The van der Waals surface area contributed by atoms with Crippen molar-refractivity contribution in [1.29, 1.82) is 0 Å². The number of nitrogens with one attached hydrogen (secondary N) is 2. The van der Waals surface area contributed by atoms with Gasteiger partial charge in [0.25, 0.3) is 0 Å². The molecule has 116 valence electrons. The maximum atomic E-state index is 11.8. The summed E-state index contributed by atoms with van der Waals surface area (Å²) in [7, 11) is 0. The second-order valence-corrected chi connectivity index (χ2v) is 6.19. The van der Waals surface area contributed by atoms with Crippen molar-refractivity contribution in [2.45, 2.75) is 45.4 Å². The Morgan fingerprint density at radius 1 is 1.33 bits per heavy atom. The van der Waals surface area contributed by atoms with Crippen LogP contribution in [0.25, 0.3) is 0 Å². The zero-order chi connectivity index (χ0) is 14.9. The summed E-state index contributed by atoms with van der Waals surface area (Å²) in [6.07, 6.45) is 6.24. The maximum absolute atomic E-state index is 11.8. The lowest BCUT2D eigenvalue weighted by Gasteiger charge is -2.22. The molecule has 2 N–H and O–H groups in total. The molecule has 1 fully saturated rings. The summed E-state index contributed by atoms with van der Waals surface area (Å²) >= 11 is 0. The second kappa shape index (κ2) is 8.83. The topological polar surface area (TPSA) is 41.1 Å². The van der Waals surface area contributed by atoms with Crippen LogP contribution in [0.4, 0.5) is 0 Å². The van der Waals surface area contributed by atoms with Gasteiger partial charge in [0.05, 0.1) is 0 Å². The molecule has 0 bridgehead atoms. The lowest BCUT2D eigenvalue weighted by molar-refractivity contribution is -0.121. The van der Waals surface area contributed by atoms with Crippen molar-refractivity contribution in [3.05, 3.63) is 35.4 Å². The number of hydrogen-bond acceptors (Lipinski definition) is 2. The molecule has 1 atom stereocenters. The standard InChI is InChI=1S/C18H28N2O/c1-15-7-9-16(10-8-15)4-2-6-18(21)20-13-11-17-5-3-12-19-14-17/h7-10,17,19H,2-6,11-14H2,1H3,(H,20,21). The summed E-state index contributed by atoms with van der Waals surface area (Å²) < 4.78 is 0. The average Bonchev–Trinajstić information content (AvgIpc) is 2.50. The number of rotatable bonds is 7. The van der Waals surface area contributed by atoms with Gasteiger partial charge in [-0.05, 0) is 63.6 Å². The van der Waals surface area contributed by atoms with Crippen LogP contribution in [-0.2, 0) is 11.2 Å². The summed E-state index contributed by atoms with van der Waals surface area (Å²) in [6, 6.07) is 8.58. The number of piperidine rings is 1. The van der Waals surface area contributed by atoms with Gasteiger partial charge in [0.1, 0.15) is 0 Å². The summed E-state index contributed by atoms with van der Waals surface area (Å²) in [6.45, 7) is 5.19. The molecule has 0 spiro atoms. The first kappa shape index (κ1) is 16.0. The Bertz CT molecular complexity index is 421. The van der Waals surface area contributed by atoms with E-state index in [9.17, 15) is 4.79 Å². The Morgan fingerprint density at radius 2 is 2.14 bits per heavy atom. The minimum Gasteiger partial charge on any atom is -0.356 e. The van der Waals surface area contributed by atoms with E-state index >= 15 is 0 Å². The van der Waals surface area contributed by atoms with E-state index in [-0.39, 0.29) is 5.91 Å². The van der Waals surface area contributed by atoms with Gasteiger partial charge in [-0.1, -0.05) is 29.8 Å². The zero-order valence-electron chi connectivity index (χ0n) is 13.2. The van der Waals surface area contributed by atoms with Gasteiger partial charge < -0.3 is 10.6 Å². The molecular weight excluding hydrogens is 260 g/mol. The zero-order valence-corrected chi connectivity index (χ0v) is 13.2. The van der Waals surface area contributed by atoms with Crippen LogP contribution in [0.5, 0.6) is 0 Å². The second-order valence-electron chi connectivity index (χ2n) is 6.19. The SMILES string of the molecule is Cc1ccc(CCCC(=O)NCCC2CCCNC2)cc1. The van der Waals surface area contributed by atoms with Crippen LogP contribution >= 0.6 is 0 Å². The largest absolute Gasteiger partial charge is 0.356 e. The molecule has 1 saturated heterocycles. The molecular formula is C18H28N2O. The minimum atomic E-state index is 0.200. The molecule has 1 amide bonds. The number of carbonyl (C=O) groups is 1. The van der Waals surface area contributed by atoms with Crippen molar-refractivity contribution in [1.82, 2.24) is 10.6 Å². The molecule has 0 radical (unpaired) electrons. The van der Waals surface area contributed by atoms with E-state index in [2.05, 4.69) is 41.8 Å². The number of carbonyl (C=O) groups excluding carboxylic acids is 1. The van der Waals surface area contributed by atoms with Gasteiger partial charge in [-0.15, -0.1) is 0 Å². The Hall–Kier alpha value is -1.35. The molecule has 21 heavy (non-hydrogen) atoms. The van der Waals surface area contributed by atoms with E-state index in [0.717, 1.165) is 44.8 Å². The Kier molecular flexibility index (Phi) is 6.74. The van der Waals surface area contributed by atoms with Crippen molar-refractivity contribution in [3.8, 4) is 0 Å². The molecule has 3 heteroatoms. The highest BCUT2D eigenvalue weighted by Gasteiger charge is 2.12. The van der Waals surface area contributed by atoms with Crippen LogP contribution in [-0.4, -0.2) is 25.5 Å². The van der Waals surface area contributed by atoms with Gasteiger partial charge in [-0.3, -0.25) is 4.79 Å². The van der Waals surface area contributed by atoms with E-state index in [4.69, 9.17) is 0 Å². The van der Waals surface area contributed by atoms with Gasteiger partial charge in [0.2, 0.25) is 5.91 Å². The molecule has 1 aliphatic heterocycles. The first-order valence-electron chi connectivity index (χ1n) is 8.27. The lowest BCUT2D eigenvalue weighted by Crippen LogP contribution is -2.33. The molecule has 1 unspecified atom stereocenters. The lowest BCUT2D eigenvalue weighted by atomic mass is 9.96. The first-order chi connectivity index (χ1) is 10.2. The molecule has 1 aliphatic rings. The van der Waals surface area contributed by atoms with E-state index in [1.54, 1.807) is 0 Å². The van der Waals surface area contributed by atoms with Crippen LogP contribution in [0.3, 0.4) is 0 Å². The summed E-state index contributed by atoms with van der Waals surface area (Å²) in [5.41, 5.74) is 2.61. The normalized spacial score (nSPS) is 18.4. The predicted molar refractivity (Wildman–Crippen MR) is 87.3 cm³/mol. The Labute approximate surface area is 128 Å². The molecule has 3 nitrogen and oxygen atoms in total. The Morgan fingerprint density at radius 3 is 2.86 bits per heavy atom. The van der Waals surface area contributed by atoms with E-state index < -0.39 is 0 Å². The number of hydrogen-bond donors (Lipinski definition) is 2. The van der Waals surface area contributed by atoms with Gasteiger partial charge in [-0.25, -0.2) is 0 Å². The van der Waals surface area contributed by atoms with Crippen LogP contribution in [0.15, 0.2) is 24.3 Å². The number of benzene rings is 1. The third kappa shape index (κ3) is 6.30. The number of amides is 1. The highest BCUT2D eigenvalue weighted by molar-refractivity contribution is 5.75. The van der Waals surface area contributed by atoms with Crippen LogP contribution in [0.1, 0.15) is 43.2 Å². The molecule has 2 rings (SSSR count). The van der Waals surface area contributed by atoms with Crippen LogP contribution in [0, 0.1) is 12.8 Å². The van der Waals surface area contributed by atoms with E-state index in [1.165, 1.54) is 24.0 Å². The van der Waals surface area contributed by atoms with E-state index in [0.29, 0.717) is 6.42 Å². The van der Waals surface area contributed by atoms with E-state index in [1.807, 2.05) is 0 Å². The number of aryl methyl sites for hydroxylation is 2. The van der Waals surface area contributed by atoms with Crippen molar-refractivity contribution >= 4 is 5.91 Å². The quantitative estimate of drug-likeness (QED) is 0.810. The van der Waals surface area contributed by atoms with Gasteiger partial charge in [-0.2, -0.15) is 0 Å².